The maximum atomic E-state index is 12.1. The maximum absolute atomic E-state index is 12.1. The number of hydrogen-bond acceptors (Lipinski definition) is 4. The Labute approximate surface area is 142 Å². The molecule has 1 atom stereocenters. The molecule has 1 aliphatic heterocycles. The van der Waals surface area contributed by atoms with Gasteiger partial charge in [0.05, 0.1) is 6.42 Å². The van der Waals surface area contributed by atoms with E-state index < -0.39 is 5.60 Å². The molecule has 1 aromatic heterocycles. The summed E-state index contributed by atoms with van der Waals surface area (Å²) in [5, 5.41) is 4.96. The third-order valence-electron chi connectivity index (χ3n) is 3.67. The molecule has 0 unspecified atom stereocenters. The zero-order valence-electron chi connectivity index (χ0n) is 14.1. The molecule has 6 heteroatoms. The van der Waals surface area contributed by atoms with Gasteiger partial charge in [0.15, 0.2) is 0 Å². The zero-order valence-corrected chi connectivity index (χ0v) is 14.9. The molecule has 1 N–H and O–H groups in total. The van der Waals surface area contributed by atoms with Crippen molar-refractivity contribution in [3.8, 4) is 0 Å². The predicted molar refractivity (Wildman–Crippen MR) is 91.6 cm³/mol. The number of nitrogens with one attached hydrogen (secondary N) is 1. The molecule has 2 amide bonds. The molecule has 5 nitrogen and oxygen atoms in total. The Hall–Kier alpha value is -1.56. The van der Waals surface area contributed by atoms with Gasteiger partial charge in [-0.3, -0.25) is 4.79 Å². The van der Waals surface area contributed by atoms with Crippen LogP contribution in [-0.2, 0) is 16.0 Å². The Morgan fingerprint density at radius 3 is 2.87 bits per heavy atom. The zero-order chi connectivity index (χ0) is 16.9. The average Bonchev–Trinajstić information content (AvgIpc) is 2.96. The van der Waals surface area contributed by atoms with E-state index in [1.54, 1.807) is 16.2 Å². The molecule has 2 heterocycles. The molecule has 0 spiro atoms. The Balaban J connectivity index is 1.75. The summed E-state index contributed by atoms with van der Waals surface area (Å²) in [6, 6.07) is 3.92. The summed E-state index contributed by atoms with van der Waals surface area (Å²) in [6.45, 7) is 7.61. The van der Waals surface area contributed by atoms with E-state index in [4.69, 9.17) is 4.74 Å². The quantitative estimate of drug-likeness (QED) is 0.918. The van der Waals surface area contributed by atoms with E-state index in [0.29, 0.717) is 25.4 Å². The van der Waals surface area contributed by atoms with Gasteiger partial charge in [0.2, 0.25) is 5.91 Å². The fourth-order valence-electron chi connectivity index (χ4n) is 2.62. The summed E-state index contributed by atoms with van der Waals surface area (Å²) in [7, 11) is 0. The van der Waals surface area contributed by atoms with Gasteiger partial charge < -0.3 is 15.0 Å². The number of amides is 2. The number of carbonyl (C=O) groups excluding carboxylic acids is 2. The predicted octanol–water partition coefficient (Wildman–Crippen LogP) is 3.05. The van der Waals surface area contributed by atoms with Crippen LogP contribution in [0.2, 0.25) is 0 Å². The second-order valence-corrected chi connectivity index (χ2v) is 8.03. The first-order valence-electron chi connectivity index (χ1n) is 8.10. The number of carbonyl (C=O) groups is 2. The molecule has 1 aromatic rings. The van der Waals surface area contributed by atoms with Crippen LogP contribution in [0.5, 0.6) is 0 Å². The third-order valence-corrected chi connectivity index (χ3v) is 4.55. The Kier molecular flexibility index (Phi) is 6.04. The minimum atomic E-state index is -0.473. The van der Waals surface area contributed by atoms with Crippen LogP contribution in [0.15, 0.2) is 17.5 Å². The molecule has 23 heavy (non-hydrogen) atoms. The van der Waals surface area contributed by atoms with Gasteiger partial charge in [0, 0.05) is 24.5 Å². The molecule has 0 aliphatic carbocycles. The summed E-state index contributed by atoms with van der Waals surface area (Å²) in [6.07, 6.45) is 2.15. The van der Waals surface area contributed by atoms with Crippen LogP contribution in [0, 0.1) is 5.92 Å². The smallest absolute Gasteiger partial charge is 0.410 e. The summed E-state index contributed by atoms with van der Waals surface area (Å²) in [5.41, 5.74) is -0.473. The topological polar surface area (TPSA) is 58.6 Å². The van der Waals surface area contributed by atoms with Gasteiger partial charge in [-0.1, -0.05) is 6.07 Å². The monoisotopic (exact) mass is 338 g/mol. The minimum absolute atomic E-state index is 0.0434. The van der Waals surface area contributed by atoms with Gasteiger partial charge in [0.25, 0.3) is 0 Å². The second-order valence-electron chi connectivity index (χ2n) is 6.99. The van der Waals surface area contributed by atoms with Crippen molar-refractivity contribution < 1.29 is 14.3 Å². The van der Waals surface area contributed by atoms with Gasteiger partial charge in [-0.2, -0.15) is 0 Å². The van der Waals surface area contributed by atoms with E-state index in [1.165, 1.54) is 0 Å². The minimum Gasteiger partial charge on any atom is -0.444 e. The number of hydrogen-bond donors (Lipinski definition) is 1. The first-order valence-corrected chi connectivity index (χ1v) is 8.98. The lowest BCUT2D eigenvalue weighted by Crippen LogP contribution is -2.45. The summed E-state index contributed by atoms with van der Waals surface area (Å²) >= 11 is 1.59. The van der Waals surface area contributed by atoms with Crippen LogP contribution < -0.4 is 5.32 Å². The van der Waals surface area contributed by atoms with Crippen LogP contribution in [-0.4, -0.2) is 42.1 Å². The van der Waals surface area contributed by atoms with E-state index in [9.17, 15) is 9.59 Å². The van der Waals surface area contributed by atoms with Crippen molar-refractivity contribution >= 4 is 23.3 Å². The van der Waals surface area contributed by atoms with Crippen LogP contribution in [0.4, 0.5) is 4.79 Å². The van der Waals surface area contributed by atoms with Crippen molar-refractivity contribution in [2.45, 2.75) is 45.6 Å². The third kappa shape index (κ3) is 6.22. The van der Waals surface area contributed by atoms with E-state index in [-0.39, 0.29) is 12.0 Å². The summed E-state index contributed by atoms with van der Waals surface area (Å²) < 4.78 is 5.42. The number of thiophene rings is 1. The van der Waals surface area contributed by atoms with Crippen molar-refractivity contribution in [1.82, 2.24) is 10.2 Å². The molecule has 1 aliphatic rings. The maximum Gasteiger partial charge on any atom is 0.410 e. The number of rotatable bonds is 4. The number of likely N-dealkylation sites (tertiary alicyclic amines) is 1. The van der Waals surface area contributed by atoms with Crippen molar-refractivity contribution in [2.75, 3.05) is 19.6 Å². The van der Waals surface area contributed by atoms with Gasteiger partial charge in [-0.15, -0.1) is 11.3 Å². The SMILES string of the molecule is CC(C)(C)OC(=O)N1CCC[C@H](CNC(=O)Cc2cccs2)C1. The highest BCUT2D eigenvalue weighted by Gasteiger charge is 2.27. The Bertz CT molecular complexity index is 522. The molecule has 0 radical (unpaired) electrons. The second kappa shape index (κ2) is 7.81. The molecule has 0 saturated carbocycles. The van der Waals surface area contributed by atoms with E-state index in [0.717, 1.165) is 24.3 Å². The number of piperidine rings is 1. The fourth-order valence-corrected chi connectivity index (χ4v) is 3.32. The fraction of sp³-hybridized carbons (Fsp3) is 0.647. The molecule has 2 rings (SSSR count). The highest BCUT2D eigenvalue weighted by molar-refractivity contribution is 7.10. The van der Waals surface area contributed by atoms with Crippen LogP contribution in [0.1, 0.15) is 38.5 Å². The molecule has 0 aromatic carbocycles. The van der Waals surface area contributed by atoms with Crippen LogP contribution in [0.3, 0.4) is 0 Å². The Morgan fingerprint density at radius 2 is 2.22 bits per heavy atom. The molecular weight excluding hydrogens is 312 g/mol. The lowest BCUT2D eigenvalue weighted by atomic mass is 9.98. The van der Waals surface area contributed by atoms with Crippen molar-refractivity contribution in [3.05, 3.63) is 22.4 Å². The van der Waals surface area contributed by atoms with Crippen molar-refractivity contribution in [3.63, 3.8) is 0 Å². The summed E-state index contributed by atoms with van der Waals surface area (Å²) in [4.78, 5) is 26.9. The van der Waals surface area contributed by atoms with E-state index in [2.05, 4.69) is 5.32 Å². The first kappa shape index (κ1) is 17.8. The Morgan fingerprint density at radius 1 is 1.43 bits per heavy atom. The van der Waals surface area contributed by atoms with Gasteiger partial charge in [0.1, 0.15) is 5.60 Å². The lowest BCUT2D eigenvalue weighted by molar-refractivity contribution is -0.120. The largest absolute Gasteiger partial charge is 0.444 e. The van der Waals surface area contributed by atoms with Crippen LogP contribution >= 0.6 is 11.3 Å². The van der Waals surface area contributed by atoms with E-state index >= 15 is 0 Å². The van der Waals surface area contributed by atoms with Crippen LogP contribution in [0.25, 0.3) is 0 Å². The highest BCUT2D eigenvalue weighted by Crippen LogP contribution is 2.19. The molecule has 1 fully saturated rings. The molecule has 1 saturated heterocycles. The average molecular weight is 338 g/mol. The van der Waals surface area contributed by atoms with Gasteiger partial charge in [-0.25, -0.2) is 4.79 Å². The lowest BCUT2D eigenvalue weighted by Gasteiger charge is -2.34. The first-order chi connectivity index (χ1) is 10.8. The normalized spacial score (nSPS) is 18.6. The highest BCUT2D eigenvalue weighted by atomic mass is 32.1. The number of ether oxygens (including phenoxy) is 1. The van der Waals surface area contributed by atoms with Gasteiger partial charge >= 0.3 is 6.09 Å². The summed E-state index contributed by atoms with van der Waals surface area (Å²) in [5.74, 6) is 0.338. The van der Waals surface area contributed by atoms with Crippen molar-refractivity contribution in [2.24, 2.45) is 5.92 Å². The van der Waals surface area contributed by atoms with E-state index in [1.807, 2.05) is 38.3 Å². The number of nitrogens with zero attached hydrogens (tertiary/aromatic N) is 1. The molecular formula is C17H26N2O3S. The molecule has 0 bridgehead atoms. The van der Waals surface area contributed by atoms with Crippen molar-refractivity contribution in [1.29, 1.82) is 0 Å². The molecule has 128 valence electrons. The van der Waals surface area contributed by atoms with Gasteiger partial charge in [-0.05, 0) is 51.0 Å². The standard InChI is InChI=1S/C17H26N2O3S/c1-17(2,3)22-16(21)19-8-4-6-13(12-19)11-18-15(20)10-14-7-5-9-23-14/h5,7,9,13H,4,6,8,10-12H2,1-3H3,(H,18,20)/t13-/m1/s1.